The molecule has 3 heterocycles. The van der Waals surface area contributed by atoms with Crippen molar-refractivity contribution in [2.75, 3.05) is 24.0 Å². The van der Waals surface area contributed by atoms with E-state index in [0.717, 1.165) is 16.9 Å². The third-order valence-electron chi connectivity index (χ3n) is 5.22. The first-order valence-electron chi connectivity index (χ1n) is 11.8. The van der Waals surface area contributed by atoms with E-state index in [1.165, 1.54) is 39.1 Å². The molecule has 0 radical (unpaired) electrons. The second-order valence-corrected chi connectivity index (χ2v) is 9.71. The highest BCUT2D eigenvalue weighted by molar-refractivity contribution is 7.14. The van der Waals surface area contributed by atoms with Gasteiger partial charge < -0.3 is 20.9 Å². The fourth-order valence-electron chi connectivity index (χ4n) is 3.24. The summed E-state index contributed by atoms with van der Waals surface area (Å²) in [5.74, 6) is 3.54. The number of thiazole rings is 2. The van der Waals surface area contributed by atoms with Crippen LogP contribution in [0.3, 0.4) is 0 Å². The summed E-state index contributed by atoms with van der Waals surface area (Å²) in [6.07, 6.45) is 4.15. The Morgan fingerprint density at radius 3 is 2.42 bits per heavy atom. The Morgan fingerprint density at radius 1 is 1.15 bits per heavy atom. The van der Waals surface area contributed by atoms with E-state index >= 15 is 0 Å². The molecule has 1 aliphatic rings. The van der Waals surface area contributed by atoms with Crippen LogP contribution >= 0.6 is 22.7 Å². The van der Waals surface area contributed by atoms with Gasteiger partial charge in [0, 0.05) is 23.4 Å². The van der Waals surface area contributed by atoms with Crippen LogP contribution in [0.4, 0.5) is 10.3 Å². The molecule has 2 aromatic heterocycles. The number of amides is 2. The first kappa shape index (κ1) is 30.3. The van der Waals surface area contributed by atoms with Gasteiger partial charge in [0.25, 0.3) is 0 Å². The van der Waals surface area contributed by atoms with Crippen LogP contribution in [0.2, 0.25) is 0 Å². The minimum Gasteiger partial charge on any atom is -0.476 e. The van der Waals surface area contributed by atoms with Gasteiger partial charge in [-0.1, -0.05) is 37.3 Å². The lowest BCUT2D eigenvalue weighted by Gasteiger charge is -2.33. The molecule has 1 aromatic carbocycles. The molecule has 212 valence electrons. The number of methoxy groups -OCH3 is 1. The molecule has 1 atom stereocenters. The van der Waals surface area contributed by atoms with Crippen molar-refractivity contribution in [1.82, 2.24) is 20.2 Å². The smallest absolute Gasteiger partial charge is 0.357 e. The van der Waals surface area contributed by atoms with E-state index in [1.807, 2.05) is 36.4 Å². The van der Waals surface area contributed by atoms with Gasteiger partial charge in [-0.25, -0.2) is 30.5 Å². The van der Waals surface area contributed by atoms with Crippen LogP contribution in [0, 0.1) is 0 Å². The molecule has 14 nitrogen and oxygen atoms in total. The molecule has 3 aromatic rings. The zero-order valence-electron chi connectivity index (χ0n) is 21.6. The number of esters is 1. The number of rotatable bonds is 9. The number of anilines is 2. The molecule has 0 aliphatic carbocycles. The minimum absolute atomic E-state index is 0.0954. The average molecular weight is 589 g/mol. The van der Waals surface area contributed by atoms with Crippen molar-refractivity contribution < 1.29 is 29.0 Å². The summed E-state index contributed by atoms with van der Waals surface area (Å²) in [4.78, 5) is 54.0. The van der Waals surface area contributed by atoms with Gasteiger partial charge in [-0.05, 0) is 18.1 Å². The van der Waals surface area contributed by atoms with Crippen molar-refractivity contribution in [1.29, 1.82) is 0 Å². The molecule has 0 bridgehead atoms. The lowest BCUT2D eigenvalue weighted by Crippen LogP contribution is -2.54. The van der Waals surface area contributed by atoms with Gasteiger partial charge in [-0.15, -0.1) is 27.8 Å². The number of benzene rings is 1. The second kappa shape index (κ2) is 14.2. The monoisotopic (exact) mass is 588 g/mol. The predicted molar refractivity (Wildman–Crippen MR) is 149 cm³/mol. The van der Waals surface area contributed by atoms with Crippen LogP contribution in [-0.4, -0.2) is 68.8 Å². The number of nitrogens with one attached hydrogen (secondary N) is 1. The van der Waals surface area contributed by atoms with Crippen molar-refractivity contribution >= 4 is 56.7 Å². The maximum absolute atomic E-state index is 12.1. The van der Waals surface area contributed by atoms with Crippen LogP contribution < -0.4 is 21.9 Å². The number of carboxylic acids is 1. The number of nitrogens with two attached hydrogens (primary N) is 2. The summed E-state index contributed by atoms with van der Waals surface area (Å²) < 4.78 is 4.60. The van der Waals surface area contributed by atoms with E-state index in [4.69, 9.17) is 16.7 Å². The Bertz CT molecular complexity index is 1360. The third kappa shape index (κ3) is 7.90. The molecular weight excluding hydrogens is 560 g/mol. The highest BCUT2D eigenvalue weighted by Gasteiger charge is 2.29. The Balaban J connectivity index is 0.000000220. The van der Waals surface area contributed by atoms with E-state index in [9.17, 15) is 19.2 Å². The van der Waals surface area contributed by atoms with Crippen molar-refractivity contribution in [3.05, 3.63) is 70.3 Å². The SMILES string of the molecule is CCC(=O)N(c1nc(C(=O)OC)cs1)N1CC=CN1N.N[C@@H](Cc1ccccc1)C(=O)Nc1nc(C(=O)O)cs1. The van der Waals surface area contributed by atoms with Gasteiger partial charge >= 0.3 is 11.9 Å². The summed E-state index contributed by atoms with van der Waals surface area (Å²) in [5, 5.41) is 19.0. The van der Waals surface area contributed by atoms with Crippen molar-refractivity contribution in [3.63, 3.8) is 0 Å². The number of nitrogens with zero attached hydrogens (tertiary/aromatic N) is 5. The highest BCUT2D eigenvalue weighted by Crippen LogP contribution is 2.25. The van der Waals surface area contributed by atoms with Gasteiger partial charge in [0.2, 0.25) is 16.9 Å². The first-order valence-corrected chi connectivity index (χ1v) is 13.5. The molecular formula is C24H28N8O6S2. The topological polar surface area (TPSA) is 197 Å². The minimum atomic E-state index is -1.13. The standard InChI is InChI=1S/C13H13N3O3S.C11H15N5O3S/c14-9(6-8-4-2-1-3-5-8)11(17)16-13-15-10(7-20-13)12(18)19;1-3-9(17)16(15-6-4-5-14(15)12)11-13-8(7-20-11)10(18)19-2/h1-5,7,9H,6,14H2,(H,18,19)(H,15,16,17);4-5,7H,3,6,12H2,1-2H3/t9-;/m0./s1. The molecule has 2 amide bonds. The highest BCUT2D eigenvalue weighted by atomic mass is 32.1. The molecule has 0 fully saturated rings. The van der Waals surface area contributed by atoms with E-state index < -0.39 is 18.0 Å². The summed E-state index contributed by atoms with van der Waals surface area (Å²) >= 11 is 2.23. The molecule has 16 heteroatoms. The van der Waals surface area contributed by atoms with E-state index in [1.54, 1.807) is 18.5 Å². The Labute approximate surface area is 237 Å². The number of hydrogen-bond donors (Lipinski definition) is 4. The number of ether oxygens (including phenoxy) is 1. The predicted octanol–water partition coefficient (Wildman–Crippen LogP) is 1.86. The average Bonchev–Trinajstić information content (AvgIpc) is 3.71. The lowest BCUT2D eigenvalue weighted by molar-refractivity contribution is -0.125. The first-order chi connectivity index (χ1) is 19.1. The lowest BCUT2D eigenvalue weighted by atomic mass is 10.1. The van der Waals surface area contributed by atoms with Crippen molar-refractivity contribution in [2.24, 2.45) is 11.6 Å². The third-order valence-corrected chi connectivity index (χ3v) is 6.79. The number of hydrogen-bond acceptors (Lipinski definition) is 13. The van der Waals surface area contributed by atoms with E-state index in [2.05, 4.69) is 20.0 Å². The fourth-order valence-corrected chi connectivity index (χ4v) is 4.74. The van der Waals surface area contributed by atoms with Crippen LogP contribution in [0.15, 0.2) is 53.4 Å². The Hall–Kier alpha value is -4.22. The van der Waals surface area contributed by atoms with Crippen LogP contribution in [0.25, 0.3) is 0 Å². The molecule has 0 saturated carbocycles. The molecule has 0 spiro atoms. The number of carbonyl (C=O) groups excluding carboxylic acids is 3. The maximum atomic E-state index is 12.1. The molecule has 6 N–H and O–H groups in total. The summed E-state index contributed by atoms with van der Waals surface area (Å²) in [7, 11) is 1.28. The van der Waals surface area contributed by atoms with Crippen molar-refractivity contribution in [2.45, 2.75) is 25.8 Å². The zero-order chi connectivity index (χ0) is 29.2. The fraction of sp³-hybridized carbons (Fsp3) is 0.250. The number of carboxylic acid groups (broad SMARTS) is 1. The van der Waals surface area contributed by atoms with E-state index in [0.29, 0.717) is 18.1 Å². The van der Waals surface area contributed by atoms with Gasteiger partial charge in [0.15, 0.2) is 16.5 Å². The van der Waals surface area contributed by atoms with Gasteiger partial charge in [-0.2, -0.15) is 5.01 Å². The summed E-state index contributed by atoms with van der Waals surface area (Å²) in [5.41, 5.74) is 6.84. The number of hydrazine groups is 3. The van der Waals surface area contributed by atoms with Crippen LogP contribution in [-0.2, 0) is 20.7 Å². The number of carbonyl (C=O) groups is 4. The largest absolute Gasteiger partial charge is 0.476 e. The molecule has 0 saturated heterocycles. The van der Waals surface area contributed by atoms with Gasteiger partial charge in [0.1, 0.15) is 0 Å². The number of aromatic carboxylic acids is 1. The second-order valence-electron chi connectivity index (χ2n) is 8.01. The van der Waals surface area contributed by atoms with Crippen LogP contribution in [0.1, 0.15) is 39.9 Å². The quantitative estimate of drug-likeness (QED) is 0.209. The molecule has 4 rings (SSSR count). The van der Waals surface area contributed by atoms with E-state index in [-0.39, 0.29) is 34.8 Å². The van der Waals surface area contributed by atoms with Crippen molar-refractivity contribution in [3.8, 4) is 0 Å². The Morgan fingerprint density at radius 2 is 1.85 bits per heavy atom. The Kier molecular flexibility index (Phi) is 10.8. The van der Waals surface area contributed by atoms with Gasteiger partial charge in [0.05, 0.1) is 19.7 Å². The summed E-state index contributed by atoms with van der Waals surface area (Å²) in [6.45, 7) is 2.20. The normalized spacial score (nSPS) is 13.2. The molecule has 0 unspecified atom stereocenters. The molecule has 1 aliphatic heterocycles. The van der Waals surface area contributed by atoms with Gasteiger partial charge in [-0.3, -0.25) is 9.59 Å². The maximum Gasteiger partial charge on any atom is 0.357 e. The van der Waals surface area contributed by atoms with Crippen LogP contribution in [0.5, 0.6) is 0 Å². The summed E-state index contributed by atoms with van der Waals surface area (Å²) in [6, 6.07) is 8.70. The molecule has 40 heavy (non-hydrogen) atoms. The zero-order valence-corrected chi connectivity index (χ0v) is 23.2. The number of aromatic nitrogens is 2.